The number of fused-ring (bicyclic) bond motifs is 4. The molecule has 6 atom stereocenters. The molecule has 0 radical (unpaired) electrons. The number of carbonyl (C=O) groups is 4. The number of ether oxygens (including phenoxy) is 1. The van der Waals surface area contributed by atoms with Crippen LogP contribution in [0.2, 0.25) is 0 Å². The van der Waals surface area contributed by atoms with Gasteiger partial charge in [-0.05, 0) is 37.0 Å². The smallest absolute Gasteiger partial charge is 0.269 e. The quantitative estimate of drug-likeness (QED) is 0.115. The average Bonchev–Trinajstić information content (AvgIpc) is 3.34. The molecule has 0 unspecified atom stereocenters. The van der Waals surface area contributed by atoms with E-state index in [-0.39, 0.29) is 42.9 Å². The number of nitro groups is 1. The number of amides is 4. The van der Waals surface area contributed by atoms with Gasteiger partial charge in [0.05, 0.1) is 34.5 Å². The van der Waals surface area contributed by atoms with Crippen molar-refractivity contribution in [2.75, 3.05) is 23.6 Å². The van der Waals surface area contributed by atoms with Gasteiger partial charge in [-0.25, -0.2) is 0 Å². The van der Waals surface area contributed by atoms with E-state index >= 15 is 0 Å². The monoisotopic (exact) mass is 691 g/mol. The van der Waals surface area contributed by atoms with Gasteiger partial charge in [0.25, 0.3) is 17.5 Å². The Kier molecular flexibility index (Phi) is 7.39. The van der Waals surface area contributed by atoms with E-state index in [2.05, 4.69) is 15.9 Å². The van der Waals surface area contributed by atoms with Crippen molar-refractivity contribution in [3.05, 3.63) is 75.9 Å². The molecule has 43 heavy (non-hydrogen) atoms. The van der Waals surface area contributed by atoms with Crippen molar-refractivity contribution in [2.24, 2.45) is 17.8 Å². The van der Waals surface area contributed by atoms with Gasteiger partial charge in [0, 0.05) is 23.6 Å². The SMILES string of the molecule is O=C1[C@H]2[C@H](CC=C3[C@H]2C[C@@]2(Cl)C(=O)N(CBr)C(=O)[C@@]2(Cl)[C@H]3c2ccccc2OCCO)C(=O)N1c1ccc([N+](=O)[O-])cc1. The minimum Gasteiger partial charge on any atom is -0.491 e. The van der Waals surface area contributed by atoms with Gasteiger partial charge in [-0.15, -0.1) is 23.2 Å². The molecule has 2 saturated heterocycles. The van der Waals surface area contributed by atoms with Crippen LogP contribution in [0.1, 0.15) is 24.3 Å². The van der Waals surface area contributed by atoms with E-state index in [1.807, 2.05) is 0 Å². The van der Waals surface area contributed by atoms with Crippen molar-refractivity contribution in [3.8, 4) is 5.75 Å². The first-order chi connectivity index (χ1) is 20.5. The number of benzene rings is 2. The largest absolute Gasteiger partial charge is 0.491 e. The van der Waals surface area contributed by atoms with Crippen molar-refractivity contribution in [1.29, 1.82) is 0 Å². The van der Waals surface area contributed by atoms with Gasteiger partial charge in [0.15, 0.2) is 9.75 Å². The first kappa shape index (κ1) is 29.7. The van der Waals surface area contributed by atoms with Gasteiger partial charge >= 0.3 is 0 Å². The predicted octanol–water partition coefficient (Wildman–Crippen LogP) is 3.88. The molecule has 0 spiro atoms. The minimum absolute atomic E-state index is 0.0458. The number of nitro benzene ring substituents is 1. The number of aliphatic hydroxyl groups is 1. The molecule has 14 heteroatoms. The molecular formula is C29H24BrCl2N3O8. The third-order valence-electron chi connectivity index (χ3n) is 8.91. The number of hydrogen-bond donors (Lipinski definition) is 1. The fourth-order valence-electron chi connectivity index (χ4n) is 7.08. The van der Waals surface area contributed by atoms with E-state index in [0.717, 1.165) is 9.80 Å². The summed E-state index contributed by atoms with van der Waals surface area (Å²) in [4.78, 5) is 64.0. The number of imide groups is 2. The maximum atomic E-state index is 14.1. The maximum Gasteiger partial charge on any atom is 0.269 e. The highest BCUT2D eigenvalue weighted by molar-refractivity contribution is 9.09. The summed E-state index contributed by atoms with van der Waals surface area (Å²) in [5.74, 6) is -5.55. The van der Waals surface area contributed by atoms with E-state index in [1.165, 1.54) is 24.3 Å². The third-order valence-corrected chi connectivity index (χ3v) is 10.8. The number of halogens is 3. The predicted molar refractivity (Wildman–Crippen MR) is 158 cm³/mol. The summed E-state index contributed by atoms with van der Waals surface area (Å²) in [6.45, 7) is -0.320. The summed E-state index contributed by atoms with van der Waals surface area (Å²) in [6.07, 6.45) is 1.79. The van der Waals surface area contributed by atoms with Gasteiger partial charge in [0.2, 0.25) is 11.8 Å². The molecular weight excluding hydrogens is 669 g/mol. The molecule has 2 aliphatic heterocycles. The Balaban J connectivity index is 1.49. The average molecular weight is 693 g/mol. The Hall–Kier alpha value is -3.32. The molecule has 4 amide bonds. The minimum atomic E-state index is -1.99. The van der Waals surface area contributed by atoms with Gasteiger partial charge in [-0.1, -0.05) is 45.8 Å². The summed E-state index contributed by atoms with van der Waals surface area (Å²) in [7, 11) is 0. The normalized spacial score (nSPS) is 31.5. The second-order valence-corrected chi connectivity index (χ2v) is 12.6. The van der Waals surface area contributed by atoms with Crippen LogP contribution in [0.4, 0.5) is 11.4 Å². The van der Waals surface area contributed by atoms with E-state index in [9.17, 15) is 34.4 Å². The molecule has 6 rings (SSSR count). The second-order valence-electron chi connectivity index (χ2n) is 10.9. The van der Waals surface area contributed by atoms with Crippen LogP contribution in [0.25, 0.3) is 0 Å². The lowest BCUT2D eigenvalue weighted by Gasteiger charge is -2.51. The lowest BCUT2D eigenvalue weighted by Crippen LogP contribution is -2.60. The van der Waals surface area contributed by atoms with E-state index in [1.54, 1.807) is 30.3 Å². The third kappa shape index (κ3) is 4.10. The molecule has 4 aliphatic rings. The van der Waals surface area contributed by atoms with Crippen molar-refractivity contribution >= 4 is 74.1 Å². The number of hydrogen-bond acceptors (Lipinski definition) is 8. The standard InChI is InChI=1S/C29H24BrCl2N3O8/c30-14-33-26(39)28(31)13-20-17(23(29(28,32)27(33)40)18-3-1-2-4-21(18)43-12-11-36)9-10-19-22(20)25(38)34(24(19)37)15-5-7-16(8-6-15)35(41)42/h1-9,19-20,22-23,36H,10-14H2/t19-,20+,22-,23+,28+,29-/m0/s1. The van der Waals surface area contributed by atoms with E-state index in [4.69, 9.17) is 27.9 Å². The number of nitrogens with zero attached hydrogens (tertiary/aromatic N) is 3. The molecule has 1 saturated carbocycles. The molecule has 224 valence electrons. The van der Waals surface area contributed by atoms with Crippen LogP contribution in [0.15, 0.2) is 60.2 Å². The zero-order valence-corrected chi connectivity index (χ0v) is 25.4. The van der Waals surface area contributed by atoms with Gasteiger partial charge in [-0.3, -0.25) is 39.1 Å². The second kappa shape index (κ2) is 10.7. The number of rotatable bonds is 7. The molecule has 2 aromatic carbocycles. The number of anilines is 1. The van der Waals surface area contributed by atoms with Crippen molar-refractivity contribution in [2.45, 2.75) is 28.5 Å². The highest BCUT2D eigenvalue weighted by Crippen LogP contribution is 2.66. The number of para-hydroxylation sites is 1. The van der Waals surface area contributed by atoms with Crippen molar-refractivity contribution in [3.63, 3.8) is 0 Å². The number of aliphatic hydroxyl groups excluding tert-OH is 1. The zero-order chi connectivity index (χ0) is 30.8. The molecule has 11 nitrogen and oxygen atoms in total. The van der Waals surface area contributed by atoms with Crippen molar-refractivity contribution in [1.82, 2.24) is 4.90 Å². The summed E-state index contributed by atoms with van der Waals surface area (Å²) in [6, 6.07) is 11.9. The number of non-ortho nitro benzene ring substituents is 1. The number of carbonyl (C=O) groups excluding carboxylic acids is 4. The highest BCUT2D eigenvalue weighted by Gasteiger charge is 2.76. The van der Waals surface area contributed by atoms with Gasteiger partial charge in [0.1, 0.15) is 12.4 Å². The molecule has 1 N–H and O–H groups in total. The number of allylic oxidation sites excluding steroid dienone is 2. The molecule has 0 bridgehead atoms. The molecule has 3 fully saturated rings. The molecule has 0 aromatic heterocycles. The Bertz CT molecular complexity index is 1600. The lowest BCUT2D eigenvalue weighted by molar-refractivity contribution is -0.384. The van der Waals surface area contributed by atoms with Crippen molar-refractivity contribution < 1.29 is 33.9 Å². The van der Waals surface area contributed by atoms with Crippen LogP contribution in [-0.4, -0.2) is 67.0 Å². The van der Waals surface area contributed by atoms with Gasteiger partial charge < -0.3 is 9.84 Å². The van der Waals surface area contributed by atoms with E-state index < -0.39 is 62.0 Å². The van der Waals surface area contributed by atoms with Crippen LogP contribution in [0.3, 0.4) is 0 Å². The van der Waals surface area contributed by atoms with Crippen LogP contribution in [0.5, 0.6) is 5.75 Å². The number of likely N-dealkylation sites (tertiary alicyclic amines) is 1. The molecule has 2 aromatic rings. The zero-order valence-electron chi connectivity index (χ0n) is 22.3. The van der Waals surface area contributed by atoms with Crippen LogP contribution >= 0.6 is 39.1 Å². The van der Waals surface area contributed by atoms with E-state index in [0.29, 0.717) is 16.9 Å². The first-order valence-corrected chi connectivity index (χ1v) is 15.3. The lowest BCUT2D eigenvalue weighted by atomic mass is 9.56. The number of alkyl halides is 3. The van der Waals surface area contributed by atoms with Gasteiger partial charge in [-0.2, -0.15) is 0 Å². The fourth-order valence-corrected chi connectivity index (χ4v) is 8.50. The fraction of sp³-hybridized carbons (Fsp3) is 0.379. The highest BCUT2D eigenvalue weighted by atomic mass is 79.9. The summed E-state index contributed by atoms with van der Waals surface area (Å²) < 4.78 is 5.81. The topological polar surface area (TPSA) is 147 Å². The Morgan fingerprint density at radius 3 is 2.37 bits per heavy atom. The first-order valence-electron chi connectivity index (χ1n) is 13.5. The summed E-state index contributed by atoms with van der Waals surface area (Å²) in [5.41, 5.74) is 0.898. The Morgan fingerprint density at radius 1 is 1.02 bits per heavy atom. The van der Waals surface area contributed by atoms with Crippen LogP contribution in [0, 0.1) is 27.9 Å². The summed E-state index contributed by atoms with van der Waals surface area (Å²) >= 11 is 17.7. The van der Waals surface area contributed by atoms with Crippen LogP contribution < -0.4 is 9.64 Å². The molecule has 2 heterocycles. The Labute approximate surface area is 263 Å². The molecule has 2 aliphatic carbocycles. The Morgan fingerprint density at radius 2 is 1.72 bits per heavy atom. The van der Waals surface area contributed by atoms with Crippen LogP contribution in [-0.2, 0) is 19.2 Å². The maximum absolute atomic E-state index is 14.1. The summed E-state index contributed by atoms with van der Waals surface area (Å²) in [5, 5.41) is 20.6.